The molecule has 0 aromatic carbocycles. The fraction of sp³-hybridized carbons (Fsp3) is 0.643. The van der Waals surface area contributed by atoms with Gasteiger partial charge in [0.05, 0.1) is 0 Å². The van der Waals surface area contributed by atoms with E-state index in [2.05, 4.69) is 22.5 Å². The zero-order valence-electron chi connectivity index (χ0n) is 13.3. The van der Waals surface area contributed by atoms with Gasteiger partial charge in [-0.05, 0) is 31.8 Å². The molecule has 0 atom stereocenters. The van der Waals surface area contributed by atoms with E-state index in [1.807, 2.05) is 4.90 Å². The van der Waals surface area contributed by atoms with Crippen molar-refractivity contribution >= 4 is 53.1 Å². The second-order valence-electron chi connectivity index (χ2n) is 5.26. The van der Waals surface area contributed by atoms with Gasteiger partial charge in [-0.3, -0.25) is 9.59 Å². The first-order chi connectivity index (χ1) is 10.1. The molecule has 1 aromatic heterocycles. The van der Waals surface area contributed by atoms with Crippen molar-refractivity contribution in [3.63, 3.8) is 0 Å². The summed E-state index contributed by atoms with van der Waals surface area (Å²) in [5, 5.41) is 8.15. The Morgan fingerprint density at radius 3 is 2.57 bits per heavy atom. The standard InChI is InChI=1S/C14H22N4O2S.2ClH/c1-3-15-8-11-4-6-18(7-5-11)13(20)12-9-21-14(17-12)16-10(2)19;;/h9,11,15H,3-8H2,1-2H3,(H,16,17,19);2*1H. The average Bonchev–Trinajstić information content (AvgIpc) is 2.92. The minimum absolute atomic E-state index is 0. The Morgan fingerprint density at radius 1 is 1.35 bits per heavy atom. The number of rotatable bonds is 5. The van der Waals surface area contributed by atoms with E-state index in [1.165, 1.54) is 18.3 Å². The maximum atomic E-state index is 12.4. The number of likely N-dealkylation sites (tertiary alicyclic amines) is 1. The summed E-state index contributed by atoms with van der Waals surface area (Å²) >= 11 is 1.28. The molecule has 0 saturated carbocycles. The van der Waals surface area contributed by atoms with Crippen LogP contribution in [0.3, 0.4) is 0 Å². The smallest absolute Gasteiger partial charge is 0.273 e. The first kappa shape index (κ1) is 22.1. The normalized spacial score (nSPS) is 14.6. The highest BCUT2D eigenvalue weighted by molar-refractivity contribution is 7.14. The second kappa shape index (κ2) is 10.8. The maximum Gasteiger partial charge on any atom is 0.273 e. The highest BCUT2D eigenvalue weighted by atomic mass is 35.5. The summed E-state index contributed by atoms with van der Waals surface area (Å²) in [6.45, 7) is 7.11. The van der Waals surface area contributed by atoms with Crippen molar-refractivity contribution in [2.75, 3.05) is 31.5 Å². The fourth-order valence-corrected chi connectivity index (χ4v) is 3.16. The maximum absolute atomic E-state index is 12.4. The Balaban J connectivity index is 0.00000242. The van der Waals surface area contributed by atoms with E-state index in [1.54, 1.807) is 5.38 Å². The van der Waals surface area contributed by atoms with Crippen molar-refractivity contribution in [2.24, 2.45) is 5.92 Å². The molecule has 6 nitrogen and oxygen atoms in total. The lowest BCUT2D eigenvalue weighted by molar-refractivity contribution is -0.114. The topological polar surface area (TPSA) is 74.3 Å². The van der Waals surface area contributed by atoms with Crippen molar-refractivity contribution in [1.29, 1.82) is 0 Å². The Labute approximate surface area is 153 Å². The van der Waals surface area contributed by atoms with Gasteiger partial charge in [0.2, 0.25) is 5.91 Å². The highest BCUT2D eigenvalue weighted by Gasteiger charge is 2.24. The lowest BCUT2D eigenvalue weighted by Gasteiger charge is -2.31. The molecule has 2 amide bonds. The highest BCUT2D eigenvalue weighted by Crippen LogP contribution is 2.21. The third kappa shape index (κ3) is 6.63. The number of halogens is 2. The van der Waals surface area contributed by atoms with Gasteiger partial charge in [-0.15, -0.1) is 36.2 Å². The van der Waals surface area contributed by atoms with Crippen LogP contribution in [0, 0.1) is 5.92 Å². The first-order valence-electron chi connectivity index (χ1n) is 7.33. The summed E-state index contributed by atoms with van der Waals surface area (Å²) in [5.74, 6) is 0.441. The summed E-state index contributed by atoms with van der Waals surface area (Å²) in [4.78, 5) is 29.4. The van der Waals surface area contributed by atoms with Crippen molar-refractivity contribution in [2.45, 2.75) is 26.7 Å². The first-order valence-corrected chi connectivity index (χ1v) is 8.21. The molecule has 2 rings (SSSR count). The molecule has 0 aliphatic carbocycles. The Morgan fingerprint density at radius 2 is 2.00 bits per heavy atom. The molecule has 1 saturated heterocycles. The predicted molar refractivity (Wildman–Crippen MR) is 98.1 cm³/mol. The molecule has 2 N–H and O–H groups in total. The van der Waals surface area contributed by atoms with E-state index in [9.17, 15) is 9.59 Å². The van der Waals surface area contributed by atoms with Crippen LogP contribution >= 0.6 is 36.2 Å². The minimum Gasteiger partial charge on any atom is -0.337 e. The van der Waals surface area contributed by atoms with Crippen molar-refractivity contribution in [3.05, 3.63) is 11.1 Å². The molecular formula is C14H24Cl2N4O2S. The number of thiazole rings is 1. The quantitative estimate of drug-likeness (QED) is 0.819. The predicted octanol–water partition coefficient (Wildman–Crippen LogP) is 2.41. The van der Waals surface area contributed by atoms with Crippen LogP contribution in [0.4, 0.5) is 5.13 Å². The van der Waals surface area contributed by atoms with E-state index in [0.717, 1.165) is 39.0 Å². The second-order valence-corrected chi connectivity index (χ2v) is 6.12. The van der Waals surface area contributed by atoms with Gasteiger partial charge in [-0.25, -0.2) is 4.98 Å². The van der Waals surface area contributed by atoms with Crippen LogP contribution in [0.1, 0.15) is 37.2 Å². The molecule has 23 heavy (non-hydrogen) atoms. The van der Waals surface area contributed by atoms with Crippen LogP contribution in [0.2, 0.25) is 0 Å². The van der Waals surface area contributed by atoms with Gasteiger partial charge in [-0.1, -0.05) is 6.92 Å². The number of nitrogens with one attached hydrogen (secondary N) is 2. The van der Waals surface area contributed by atoms with Crippen LogP contribution in [0.5, 0.6) is 0 Å². The lowest BCUT2D eigenvalue weighted by atomic mass is 9.96. The largest absolute Gasteiger partial charge is 0.337 e. The summed E-state index contributed by atoms with van der Waals surface area (Å²) in [6, 6.07) is 0. The molecule has 0 spiro atoms. The number of hydrogen-bond donors (Lipinski definition) is 2. The van der Waals surface area contributed by atoms with Crippen molar-refractivity contribution < 1.29 is 9.59 Å². The number of hydrogen-bond acceptors (Lipinski definition) is 5. The molecule has 1 aliphatic heterocycles. The molecule has 1 aromatic rings. The number of amides is 2. The molecule has 0 bridgehead atoms. The summed E-state index contributed by atoms with van der Waals surface area (Å²) < 4.78 is 0. The monoisotopic (exact) mass is 382 g/mol. The SMILES string of the molecule is CCNCC1CCN(C(=O)c2csc(NC(C)=O)n2)CC1.Cl.Cl. The molecule has 132 valence electrons. The molecule has 1 aliphatic rings. The molecule has 0 unspecified atom stereocenters. The van der Waals surface area contributed by atoms with Crippen LogP contribution < -0.4 is 10.6 Å². The zero-order valence-corrected chi connectivity index (χ0v) is 15.8. The zero-order chi connectivity index (χ0) is 15.2. The van der Waals surface area contributed by atoms with Gasteiger partial charge in [0, 0.05) is 25.4 Å². The van der Waals surface area contributed by atoms with Crippen molar-refractivity contribution in [1.82, 2.24) is 15.2 Å². The molecule has 1 fully saturated rings. The van der Waals surface area contributed by atoms with Gasteiger partial charge in [-0.2, -0.15) is 0 Å². The molecule has 9 heteroatoms. The van der Waals surface area contributed by atoms with E-state index in [0.29, 0.717) is 16.7 Å². The molecular weight excluding hydrogens is 359 g/mol. The van der Waals surface area contributed by atoms with Gasteiger partial charge < -0.3 is 15.5 Å². The van der Waals surface area contributed by atoms with E-state index in [4.69, 9.17) is 0 Å². The summed E-state index contributed by atoms with van der Waals surface area (Å²) in [7, 11) is 0. The van der Waals surface area contributed by atoms with E-state index in [-0.39, 0.29) is 36.6 Å². The van der Waals surface area contributed by atoms with Crippen LogP contribution in [-0.4, -0.2) is 47.9 Å². The summed E-state index contributed by atoms with van der Waals surface area (Å²) in [5.41, 5.74) is 0.425. The van der Waals surface area contributed by atoms with Gasteiger partial charge in [0.15, 0.2) is 5.13 Å². The Hall–Kier alpha value is -0.890. The number of piperidine rings is 1. The lowest BCUT2D eigenvalue weighted by Crippen LogP contribution is -2.40. The fourth-order valence-electron chi connectivity index (χ4n) is 2.43. The van der Waals surface area contributed by atoms with Crippen molar-refractivity contribution in [3.8, 4) is 0 Å². The third-order valence-electron chi connectivity index (χ3n) is 3.59. The van der Waals surface area contributed by atoms with Crippen LogP contribution in [0.25, 0.3) is 0 Å². The third-order valence-corrected chi connectivity index (χ3v) is 4.35. The minimum atomic E-state index is -0.174. The summed E-state index contributed by atoms with van der Waals surface area (Å²) in [6.07, 6.45) is 2.06. The van der Waals surface area contributed by atoms with Crippen LogP contribution in [-0.2, 0) is 4.79 Å². The van der Waals surface area contributed by atoms with Gasteiger partial charge in [0.25, 0.3) is 5.91 Å². The number of nitrogens with zero attached hydrogens (tertiary/aromatic N) is 2. The van der Waals surface area contributed by atoms with E-state index < -0.39 is 0 Å². The number of carbonyl (C=O) groups is 2. The van der Waals surface area contributed by atoms with Gasteiger partial charge in [0.1, 0.15) is 5.69 Å². The molecule has 0 radical (unpaired) electrons. The van der Waals surface area contributed by atoms with Gasteiger partial charge >= 0.3 is 0 Å². The van der Waals surface area contributed by atoms with E-state index >= 15 is 0 Å². The Kier molecular flexibility index (Phi) is 10.4. The van der Waals surface area contributed by atoms with Crippen LogP contribution in [0.15, 0.2) is 5.38 Å². The Bertz CT molecular complexity index is 505. The number of carbonyl (C=O) groups excluding carboxylic acids is 2. The average molecular weight is 383 g/mol. The number of anilines is 1. The molecule has 2 heterocycles. The number of aromatic nitrogens is 1.